The number of piperazine rings is 1. The molecule has 1 atom stereocenters. The number of carbonyl (C=O) groups is 3. The summed E-state index contributed by atoms with van der Waals surface area (Å²) < 4.78 is 4.67. The summed E-state index contributed by atoms with van der Waals surface area (Å²) >= 11 is 0. The molecule has 2 amide bonds. The van der Waals surface area contributed by atoms with Crippen LogP contribution in [0.4, 0.5) is 0 Å². The maximum absolute atomic E-state index is 12.8. The first-order valence-electron chi connectivity index (χ1n) is 9.97. The van der Waals surface area contributed by atoms with Gasteiger partial charge in [0.2, 0.25) is 11.8 Å². The number of rotatable bonds is 6. The number of nitrogens with zero attached hydrogens (tertiary/aromatic N) is 2. The van der Waals surface area contributed by atoms with Crippen LogP contribution in [0.5, 0.6) is 0 Å². The number of esters is 1. The van der Waals surface area contributed by atoms with E-state index in [1.807, 2.05) is 6.07 Å². The number of amides is 2. The van der Waals surface area contributed by atoms with Crippen LogP contribution in [0, 0.1) is 5.92 Å². The lowest BCUT2D eigenvalue weighted by Gasteiger charge is -2.37. The SMILES string of the molecule is COC(=O)C[C@H]1C(=O)NCCN1C(=O)CN1CCC(Cc2ccccc2)CC1. The van der Waals surface area contributed by atoms with Gasteiger partial charge < -0.3 is 15.0 Å². The Balaban J connectivity index is 1.50. The van der Waals surface area contributed by atoms with Gasteiger partial charge in [-0.3, -0.25) is 19.3 Å². The van der Waals surface area contributed by atoms with E-state index in [1.54, 1.807) is 0 Å². The summed E-state index contributed by atoms with van der Waals surface area (Å²) in [4.78, 5) is 40.3. The van der Waals surface area contributed by atoms with Gasteiger partial charge in [0.05, 0.1) is 20.1 Å². The molecule has 1 N–H and O–H groups in total. The molecular formula is C21H29N3O4. The van der Waals surface area contributed by atoms with E-state index in [1.165, 1.54) is 17.6 Å². The number of benzene rings is 1. The van der Waals surface area contributed by atoms with Crippen LogP contribution < -0.4 is 5.32 Å². The number of likely N-dealkylation sites (tertiary alicyclic amines) is 1. The van der Waals surface area contributed by atoms with Crippen molar-refractivity contribution in [3.8, 4) is 0 Å². The standard InChI is InChI=1S/C21H29N3O4/c1-28-20(26)14-18-21(27)22-9-12-24(18)19(25)15-23-10-7-17(8-11-23)13-16-5-3-2-4-6-16/h2-6,17-18H,7-15H2,1H3,(H,22,27)/t18-/m0/s1. The normalized spacial score (nSPS) is 21.2. The molecule has 1 aromatic rings. The number of carbonyl (C=O) groups excluding carboxylic acids is 3. The molecule has 2 aliphatic rings. The zero-order chi connectivity index (χ0) is 19.9. The molecule has 28 heavy (non-hydrogen) atoms. The number of hydrogen-bond donors (Lipinski definition) is 1. The Morgan fingerprint density at radius 2 is 1.86 bits per heavy atom. The minimum absolute atomic E-state index is 0.0923. The zero-order valence-electron chi connectivity index (χ0n) is 16.4. The molecule has 2 heterocycles. The van der Waals surface area contributed by atoms with Crippen LogP contribution in [0.1, 0.15) is 24.8 Å². The average Bonchev–Trinajstić information content (AvgIpc) is 2.71. The van der Waals surface area contributed by atoms with Gasteiger partial charge in [-0.15, -0.1) is 0 Å². The van der Waals surface area contributed by atoms with Crippen LogP contribution in [0.2, 0.25) is 0 Å². The molecule has 7 nitrogen and oxygen atoms in total. The largest absolute Gasteiger partial charge is 0.469 e. The predicted octanol–water partition coefficient (Wildman–Crippen LogP) is 0.831. The summed E-state index contributed by atoms with van der Waals surface area (Å²) in [6.07, 6.45) is 3.10. The monoisotopic (exact) mass is 387 g/mol. The Kier molecular flexibility index (Phi) is 7.03. The van der Waals surface area contributed by atoms with Gasteiger partial charge in [-0.1, -0.05) is 30.3 Å². The van der Waals surface area contributed by atoms with Crippen molar-refractivity contribution in [3.05, 3.63) is 35.9 Å². The molecule has 0 saturated carbocycles. The maximum atomic E-state index is 12.8. The lowest BCUT2D eigenvalue weighted by molar-refractivity contribution is -0.150. The van der Waals surface area contributed by atoms with Crippen molar-refractivity contribution in [2.75, 3.05) is 39.8 Å². The molecule has 0 unspecified atom stereocenters. The van der Waals surface area contributed by atoms with E-state index in [0.29, 0.717) is 25.6 Å². The van der Waals surface area contributed by atoms with Crippen molar-refractivity contribution in [2.45, 2.75) is 31.7 Å². The lowest BCUT2D eigenvalue weighted by atomic mass is 9.90. The van der Waals surface area contributed by atoms with E-state index >= 15 is 0 Å². The highest BCUT2D eigenvalue weighted by Gasteiger charge is 2.35. The Bertz CT molecular complexity index is 686. The number of piperidine rings is 1. The average molecular weight is 387 g/mol. The molecular weight excluding hydrogens is 358 g/mol. The van der Waals surface area contributed by atoms with Crippen molar-refractivity contribution in [1.82, 2.24) is 15.1 Å². The zero-order valence-corrected chi connectivity index (χ0v) is 16.4. The van der Waals surface area contributed by atoms with Crippen LogP contribution in [-0.2, 0) is 25.5 Å². The van der Waals surface area contributed by atoms with E-state index in [2.05, 4.69) is 39.2 Å². The molecule has 2 fully saturated rings. The minimum Gasteiger partial charge on any atom is -0.469 e. The highest BCUT2D eigenvalue weighted by Crippen LogP contribution is 2.22. The van der Waals surface area contributed by atoms with Crippen LogP contribution >= 0.6 is 0 Å². The van der Waals surface area contributed by atoms with Crippen molar-refractivity contribution < 1.29 is 19.1 Å². The summed E-state index contributed by atoms with van der Waals surface area (Å²) in [7, 11) is 1.29. The van der Waals surface area contributed by atoms with Crippen LogP contribution in [0.15, 0.2) is 30.3 Å². The van der Waals surface area contributed by atoms with Gasteiger partial charge in [0.25, 0.3) is 0 Å². The highest BCUT2D eigenvalue weighted by molar-refractivity contribution is 5.92. The molecule has 2 saturated heterocycles. The number of ether oxygens (including phenoxy) is 1. The van der Waals surface area contributed by atoms with Gasteiger partial charge in [-0.05, 0) is 43.8 Å². The number of methoxy groups -OCH3 is 1. The maximum Gasteiger partial charge on any atom is 0.308 e. The molecule has 0 aliphatic carbocycles. The van der Waals surface area contributed by atoms with Crippen LogP contribution in [0.3, 0.4) is 0 Å². The van der Waals surface area contributed by atoms with Gasteiger partial charge >= 0.3 is 5.97 Å². The second-order valence-corrected chi connectivity index (χ2v) is 7.58. The van der Waals surface area contributed by atoms with E-state index in [4.69, 9.17) is 0 Å². The second-order valence-electron chi connectivity index (χ2n) is 7.58. The summed E-state index contributed by atoms with van der Waals surface area (Å²) in [6.45, 7) is 2.90. The highest BCUT2D eigenvalue weighted by atomic mass is 16.5. The molecule has 2 aliphatic heterocycles. The van der Waals surface area contributed by atoms with Crippen LogP contribution in [-0.4, -0.2) is 73.5 Å². The van der Waals surface area contributed by atoms with Gasteiger partial charge in [0.15, 0.2) is 0 Å². The quantitative estimate of drug-likeness (QED) is 0.732. The molecule has 3 rings (SSSR count). The molecule has 7 heteroatoms. The molecule has 1 aromatic carbocycles. The molecule has 0 spiro atoms. The van der Waals surface area contributed by atoms with Crippen molar-refractivity contribution >= 4 is 17.8 Å². The summed E-state index contributed by atoms with van der Waals surface area (Å²) in [5.74, 6) is -0.222. The second kappa shape index (κ2) is 9.68. The third-order valence-electron chi connectivity index (χ3n) is 5.67. The van der Waals surface area contributed by atoms with Crippen molar-refractivity contribution in [2.24, 2.45) is 5.92 Å². The first kappa shape index (κ1) is 20.3. The fourth-order valence-corrected chi connectivity index (χ4v) is 4.04. The summed E-state index contributed by atoms with van der Waals surface area (Å²) in [5, 5.41) is 2.72. The Morgan fingerprint density at radius 1 is 1.14 bits per heavy atom. The smallest absolute Gasteiger partial charge is 0.308 e. The van der Waals surface area contributed by atoms with E-state index < -0.39 is 12.0 Å². The number of hydrogen-bond acceptors (Lipinski definition) is 5. The Hall–Kier alpha value is -2.41. The first-order chi connectivity index (χ1) is 13.6. The Labute approximate surface area is 166 Å². The predicted molar refractivity (Wildman–Crippen MR) is 104 cm³/mol. The van der Waals surface area contributed by atoms with E-state index in [-0.39, 0.29) is 18.2 Å². The van der Waals surface area contributed by atoms with E-state index in [0.717, 1.165) is 32.4 Å². The number of nitrogens with one attached hydrogen (secondary N) is 1. The van der Waals surface area contributed by atoms with Crippen LogP contribution in [0.25, 0.3) is 0 Å². The topological polar surface area (TPSA) is 79.0 Å². The lowest BCUT2D eigenvalue weighted by Crippen LogP contribution is -2.59. The van der Waals surface area contributed by atoms with Gasteiger partial charge in [0, 0.05) is 13.1 Å². The third-order valence-corrected chi connectivity index (χ3v) is 5.67. The fourth-order valence-electron chi connectivity index (χ4n) is 4.04. The Morgan fingerprint density at radius 3 is 2.54 bits per heavy atom. The van der Waals surface area contributed by atoms with Gasteiger partial charge in [0.1, 0.15) is 6.04 Å². The van der Waals surface area contributed by atoms with Gasteiger partial charge in [-0.25, -0.2) is 0 Å². The first-order valence-corrected chi connectivity index (χ1v) is 9.97. The summed E-state index contributed by atoms with van der Waals surface area (Å²) in [6, 6.07) is 9.73. The minimum atomic E-state index is -0.774. The molecule has 0 bridgehead atoms. The fraction of sp³-hybridized carbons (Fsp3) is 0.571. The van der Waals surface area contributed by atoms with E-state index in [9.17, 15) is 14.4 Å². The van der Waals surface area contributed by atoms with Gasteiger partial charge in [-0.2, -0.15) is 0 Å². The third kappa shape index (κ3) is 5.32. The van der Waals surface area contributed by atoms with Crippen molar-refractivity contribution in [3.63, 3.8) is 0 Å². The molecule has 0 radical (unpaired) electrons. The van der Waals surface area contributed by atoms with Crippen molar-refractivity contribution in [1.29, 1.82) is 0 Å². The summed E-state index contributed by atoms with van der Waals surface area (Å²) in [5.41, 5.74) is 1.36. The molecule has 0 aromatic heterocycles. The molecule has 152 valence electrons.